The van der Waals surface area contributed by atoms with E-state index in [0.29, 0.717) is 19.3 Å². The van der Waals surface area contributed by atoms with E-state index in [9.17, 15) is 14.4 Å². The summed E-state index contributed by atoms with van der Waals surface area (Å²) < 4.78 is 16.9. The Morgan fingerprint density at radius 3 is 0.747 bits per heavy atom. The molecule has 0 aromatic rings. The van der Waals surface area contributed by atoms with Crippen LogP contribution < -0.4 is 0 Å². The second-order valence-electron chi connectivity index (χ2n) is 22.7. The molecule has 0 aromatic carbocycles. The molecule has 0 aliphatic heterocycles. The Bertz CT molecular complexity index is 1250. The van der Waals surface area contributed by atoms with Crippen molar-refractivity contribution in [2.24, 2.45) is 0 Å². The molecule has 0 spiro atoms. The van der Waals surface area contributed by atoms with Crippen molar-refractivity contribution in [1.29, 1.82) is 0 Å². The third kappa shape index (κ3) is 62.4. The average molecular weight is 1050 g/mol. The molecule has 0 fully saturated rings. The van der Waals surface area contributed by atoms with Crippen molar-refractivity contribution in [1.82, 2.24) is 0 Å². The van der Waals surface area contributed by atoms with E-state index in [1.165, 1.54) is 257 Å². The summed E-state index contributed by atoms with van der Waals surface area (Å²) in [6.07, 6.45) is 78.9. The molecule has 0 aromatic heterocycles. The maximum absolute atomic E-state index is 12.9. The molecular formula is C69H128O6. The molecule has 1 atom stereocenters. The number of unbranched alkanes of at least 4 members (excludes halogenated alkanes) is 45. The average Bonchev–Trinajstić information content (AvgIpc) is 3.41. The highest BCUT2D eigenvalue weighted by Gasteiger charge is 2.19. The highest BCUT2D eigenvalue weighted by Crippen LogP contribution is 2.18. The third-order valence-corrected chi connectivity index (χ3v) is 15.1. The number of carbonyl (C=O) groups excluding carboxylic acids is 3. The quantitative estimate of drug-likeness (QED) is 0.0261. The fraction of sp³-hybridized carbons (Fsp3) is 0.870. The van der Waals surface area contributed by atoms with Crippen LogP contribution in [0.2, 0.25) is 0 Å². The molecule has 6 nitrogen and oxygen atoms in total. The molecule has 6 heteroatoms. The van der Waals surface area contributed by atoms with E-state index in [1.807, 2.05) is 0 Å². The Kier molecular flexibility index (Phi) is 62.1. The first-order chi connectivity index (χ1) is 37.0. The normalized spacial score (nSPS) is 12.2. The number of allylic oxidation sites excluding steroid dienone is 6. The minimum Gasteiger partial charge on any atom is -0.462 e. The Balaban J connectivity index is 4.16. The standard InChI is InChI=1S/C69H128O6/c1-4-7-10-13-16-19-21-23-25-27-29-31-33-34-36-37-39-41-43-45-47-50-53-56-59-62-68(71)74-65-66(64-73-67(70)61-58-55-52-49-18-15-12-9-6-3)75-69(72)63-60-57-54-51-48-46-44-42-40-38-35-32-30-28-26-24-22-20-17-14-11-8-5-2/h21,23,27,29,33-34,66H,4-20,22,24-26,28,30-32,35-65H2,1-3H3/b23-21-,29-27-,34-33-. The smallest absolute Gasteiger partial charge is 0.306 e. The van der Waals surface area contributed by atoms with Gasteiger partial charge in [0.25, 0.3) is 0 Å². The van der Waals surface area contributed by atoms with Gasteiger partial charge in [0.05, 0.1) is 0 Å². The zero-order valence-corrected chi connectivity index (χ0v) is 50.6. The lowest BCUT2D eigenvalue weighted by Crippen LogP contribution is -2.30. The first-order valence-electron chi connectivity index (χ1n) is 33.5. The van der Waals surface area contributed by atoms with Crippen LogP contribution in [0.4, 0.5) is 0 Å². The summed E-state index contributed by atoms with van der Waals surface area (Å²) in [5.41, 5.74) is 0. The Labute approximate surface area is 467 Å². The molecule has 1 unspecified atom stereocenters. The molecule has 0 heterocycles. The molecule has 440 valence electrons. The summed E-state index contributed by atoms with van der Waals surface area (Å²) in [5.74, 6) is -0.850. The van der Waals surface area contributed by atoms with E-state index in [0.717, 1.165) is 70.6 Å². The highest BCUT2D eigenvalue weighted by atomic mass is 16.6. The molecule has 0 saturated heterocycles. The summed E-state index contributed by atoms with van der Waals surface area (Å²) in [4.78, 5) is 38.2. The van der Waals surface area contributed by atoms with Crippen molar-refractivity contribution >= 4 is 17.9 Å². The van der Waals surface area contributed by atoms with Gasteiger partial charge in [0.2, 0.25) is 0 Å². The predicted octanol–water partition coefficient (Wildman–Crippen LogP) is 22.8. The van der Waals surface area contributed by atoms with Crippen LogP contribution in [-0.2, 0) is 28.6 Å². The lowest BCUT2D eigenvalue weighted by atomic mass is 10.0. The van der Waals surface area contributed by atoms with Crippen LogP contribution in [0.25, 0.3) is 0 Å². The van der Waals surface area contributed by atoms with Gasteiger partial charge < -0.3 is 14.2 Å². The van der Waals surface area contributed by atoms with Crippen molar-refractivity contribution in [3.05, 3.63) is 36.5 Å². The fourth-order valence-electron chi connectivity index (χ4n) is 10.1. The molecule has 0 N–H and O–H groups in total. The van der Waals surface area contributed by atoms with Crippen LogP contribution >= 0.6 is 0 Å². The van der Waals surface area contributed by atoms with E-state index in [4.69, 9.17) is 14.2 Å². The first kappa shape index (κ1) is 72.6. The van der Waals surface area contributed by atoms with Gasteiger partial charge in [-0.1, -0.05) is 327 Å². The van der Waals surface area contributed by atoms with Crippen LogP contribution in [0.1, 0.15) is 367 Å². The molecule has 0 radical (unpaired) electrons. The van der Waals surface area contributed by atoms with Crippen molar-refractivity contribution in [3.8, 4) is 0 Å². The van der Waals surface area contributed by atoms with Crippen molar-refractivity contribution in [2.45, 2.75) is 374 Å². The van der Waals surface area contributed by atoms with Crippen molar-refractivity contribution < 1.29 is 28.6 Å². The summed E-state index contributed by atoms with van der Waals surface area (Å²) in [5, 5.41) is 0. The van der Waals surface area contributed by atoms with Gasteiger partial charge in [-0.2, -0.15) is 0 Å². The topological polar surface area (TPSA) is 78.9 Å². The van der Waals surface area contributed by atoms with Crippen LogP contribution in [0.15, 0.2) is 36.5 Å². The number of carbonyl (C=O) groups is 3. The molecule has 0 rings (SSSR count). The van der Waals surface area contributed by atoms with E-state index in [1.54, 1.807) is 0 Å². The van der Waals surface area contributed by atoms with E-state index < -0.39 is 6.10 Å². The van der Waals surface area contributed by atoms with Crippen LogP contribution in [-0.4, -0.2) is 37.2 Å². The van der Waals surface area contributed by atoms with Gasteiger partial charge in [-0.25, -0.2) is 0 Å². The van der Waals surface area contributed by atoms with E-state index in [2.05, 4.69) is 57.2 Å². The van der Waals surface area contributed by atoms with E-state index >= 15 is 0 Å². The predicted molar refractivity (Wildman–Crippen MR) is 326 cm³/mol. The zero-order valence-electron chi connectivity index (χ0n) is 50.6. The molecular weight excluding hydrogens is 925 g/mol. The van der Waals surface area contributed by atoms with Gasteiger partial charge >= 0.3 is 17.9 Å². The summed E-state index contributed by atoms with van der Waals surface area (Å²) in [7, 11) is 0. The second-order valence-corrected chi connectivity index (χ2v) is 22.7. The lowest BCUT2D eigenvalue weighted by molar-refractivity contribution is -0.167. The Morgan fingerprint density at radius 1 is 0.267 bits per heavy atom. The van der Waals surface area contributed by atoms with Gasteiger partial charge in [0.1, 0.15) is 13.2 Å². The SMILES string of the molecule is CCCCCCC/C=C\C/C=C\C/C=C\CCCCCCCCCCCCC(=O)OCC(COC(=O)CCCCCCCCCCC)OC(=O)CCCCCCCCCCCCCCCCCCCCCCCCC. The Hall–Kier alpha value is -2.37. The van der Waals surface area contributed by atoms with Gasteiger partial charge in [0.15, 0.2) is 6.10 Å². The van der Waals surface area contributed by atoms with Crippen molar-refractivity contribution in [2.75, 3.05) is 13.2 Å². The van der Waals surface area contributed by atoms with Gasteiger partial charge in [0, 0.05) is 19.3 Å². The van der Waals surface area contributed by atoms with Gasteiger partial charge in [-0.3, -0.25) is 14.4 Å². The number of ether oxygens (including phenoxy) is 3. The molecule has 0 aliphatic carbocycles. The minimum atomic E-state index is -0.769. The fourth-order valence-corrected chi connectivity index (χ4v) is 10.1. The Morgan fingerprint density at radius 2 is 0.480 bits per heavy atom. The van der Waals surface area contributed by atoms with Crippen molar-refractivity contribution in [3.63, 3.8) is 0 Å². The monoisotopic (exact) mass is 1050 g/mol. The number of hydrogen-bond acceptors (Lipinski definition) is 6. The molecule has 75 heavy (non-hydrogen) atoms. The molecule has 0 aliphatic rings. The number of esters is 3. The minimum absolute atomic E-state index is 0.0681. The zero-order chi connectivity index (χ0) is 54.3. The van der Waals surface area contributed by atoms with Gasteiger partial charge in [-0.15, -0.1) is 0 Å². The van der Waals surface area contributed by atoms with E-state index in [-0.39, 0.29) is 31.1 Å². The molecule has 0 bridgehead atoms. The molecule has 0 amide bonds. The number of rotatable bonds is 62. The second kappa shape index (κ2) is 64.2. The van der Waals surface area contributed by atoms with Gasteiger partial charge in [-0.05, 0) is 57.8 Å². The highest BCUT2D eigenvalue weighted by molar-refractivity contribution is 5.71. The lowest BCUT2D eigenvalue weighted by Gasteiger charge is -2.18. The van der Waals surface area contributed by atoms with Crippen LogP contribution in [0.5, 0.6) is 0 Å². The maximum Gasteiger partial charge on any atom is 0.306 e. The first-order valence-corrected chi connectivity index (χ1v) is 33.5. The largest absolute Gasteiger partial charge is 0.462 e. The summed E-state index contributed by atoms with van der Waals surface area (Å²) >= 11 is 0. The summed E-state index contributed by atoms with van der Waals surface area (Å²) in [6, 6.07) is 0. The summed E-state index contributed by atoms with van der Waals surface area (Å²) in [6.45, 7) is 6.67. The van der Waals surface area contributed by atoms with Crippen LogP contribution in [0, 0.1) is 0 Å². The maximum atomic E-state index is 12.9. The number of hydrogen-bond donors (Lipinski definition) is 0. The van der Waals surface area contributed by atoms with Crippen LogP contribution in [0.3, 0.4) is 0 Å². The molecule has 0 saturated carbocycles. The third-order valence-electron chi connectivity index (χ3n) is 15.1.